The minimum Gasteiger partial charge on any atom is -0.490 e. The van der Waals surface area contributed by atoms with E-state index in [4.69, 9.17) is 18.9 Å². The van der Waals surface area contributed by atoms with Gasteiger partial charge in [-0.2, -0.15) is 0 Å². The minimum absolute atomic E-state index is 0.110. The Bertz CT molecular complexity index is 2960. The van der Waals surface area contributed by atoms with Gasteiger partial charge in [0.05, 0.1) is 5.41 Å². The predicted octanol–water partition coefficient (Wildman–Crippen LogP) is 11.4. The van der Waals surface area contributed by atoms with Crippen molar-refractivity contribution in [1.29, 1.82) is 0 Å². The van der Waals surface area contributed by atoms with Crippen molar-refractivity contribution in [3.8, 4) is 44.9 Å². The first-order chi connectivity index (χ1) is 32.5. The highest BCUT2D eigenvalue weighted by Gasteiger charge is 2.48. The number of benzene rings is 8. The Hall–Kier alpha value is -7.78. The molecular weight excluding hydrogens is 837 g/mol. The number of aliphatic hydroxyl groups is 2. The van der Waals surface area contributed by atoms with Crippen molar-refractivity contribution in [2.24, 2.45) is 0 Å². The lowest BCUT2D eigenvalue weighted by molar-refractivity contribution is -0.143. The monoisotopic (exact) mass is 886 g/mol. The summed E-state index contributed by atoms with van der Waals surface area (Å²) in [6.07, 6.45) is -2.15. The molecule has 2 N–H and O–H groups in total. The number of ether oxygens (including phenoxy) is 4. The average Bonchev–Trinajstić information content (AvgIpc) is 3.65. The first kappa shape index (κ1) is 44.4. The van der Waals surface area contributed by atoms with Crippen LogP contribution in [-0.4, -0.2) is 60.8 Å². The Balaban J connectivity index is 1.28. The fourth-order valence-electron chi connectivity index (χ4n) is 9.20. The molecule has 1 aliphatic carbocycles. The van der Waals surface area contributed by atoms with Gasteiger partial charge in [0.1, 0.15) is 50.1 Å². The molecule has 0 spiro atoms. The molecule has 1 aliphatic rings. The van der Waals surface area contributed by atoms with Crippen LogP contribution in [0.2, 0.25) is 0 Å². The molecule has 0 saturated heterocycles. The van der Waals surface area contributed by atoms with Crippen LogP contribution < -0.4 is 9.47 Å². The van der Waals surface area contributed by atoms with Gasteiger partial charge in [0.2, 0.25) is 0 Å². The van der Waals surface area contributed by atoms with Gasteiger partial charge in [-0.15, -0.1) is 0 Å². The molecule has 8 nitrogen and oxygen atoms in total. The Morgan fingerprint density at radius 2 is 0.836 bits per heavy atom. The summed E-state index contributed by atoms with van der Waals surface area (Å²) >= 11 is 0. The third kappa shape index (κ3) is 8.61. The van der Waals surface area contributed by atoms with Crippen molar-refractivity contribution >= 4 is 33.5 Å². The lowest BCUT2D eigenvalue weighted by Gasteiger charge is -2.36. The normalized spacial score (nSPS) is 13.3. The summed E-state index contributed by atoms with van der Waals surface area (Å²) in [6.45, 7) is 9.69. The van der Waals surface area contributed by atoms with Gasteiger partial charge < -0.3 is 29.2 Å². The van der Waals surface area contributed by atoms with E-state index in [0.717, 1.165) is 77.2 Å². The molecule has 8 aromatic rings. The largest absolute Gasteiger partial charge is 0.490 e. The highest BCUT2D eigenvalue weighted by atomic mass is 16.6. The topological polar surface area (TPSA) is 112 Å². The van der Waals surface area contributed by atoms with E-state index in [0.29, 0.717) is 11.5 Å². The second-order valence-corrected chi connectivity index (χ2v) is 17.0. The van der Waals surface area contributed by atoms with Crippen LogP contribution in [0.3, 0.4) is 0 Å². The van der Waals surface area contributed by atoms with E-state index in [9.17, 15) is 19.8 Å². The Morgan fingerprint density at radius 1 is 0.448 bits per heavy atom. The van der Waals surface area contributed by atoms with Gasteiger partial charge in [0, 0.05) is 21.9 Å². The highest BCUT2D eigenvalue weighted by Crippen LogP contribution is 2.60. The zero-order valence-corrected chi connectivity index (χ0v) is 37.4. The minimum atomic E-state index is -1.07. The molecule has 0 heterocycles. The predicted molar refractivity (Wildman–Crippen MR) is 264 cm³/mol. The molecule has 8 heteroatoms. The number of carbonyl (C=O) groups excluding carboxylic acids is 2. The molecule has 0 fully saturated rings. The van der Waals surface area contributed by atoms with Crippen molar-refractivity contribution in [3.63, 3.8) is 0 Å². The summed E-state index contributed by atoms with van der Waals surface area (Å²) in [5, 5.41) is 25.3. The second kappa shape index (κ2) is 19.0. The number of fused-ring (bicyclic) bond motifs is 5. The Labute approximate surface area is 390 Å². The van der Waals surface area contributed by atoms with Crippen molar-refractivity contribution in [2.45, 2.75) is 31.5 Å². The fourth-order valence-corrected chi connectivity index (χ4v) is 9.20. The lowest BCUT2D eigenvalue weighted by Crippen LogP contribution is -2.29. The van der Waals surface area contributed by atoms with Crippen LogP contribution in [-0.2, 0) is 24.5 Å². The summed E-state index contributed by atoms with van der Waals surface area (Å²) in [7, 11) is 0. The van der Waals surface area contributed by atoms with Crippen molar-refractivity contribution < 1.29 is 38.7 Å². The van der Waals surface area contributed by atoms with E-state index >= 15 is 0 Å². The number of hydrogen-bond donors (Lipinski definition) is 2. The second-order valence-electron chi connectivity index (χ2n) is 17.0. The molecule has 0 aliphatic heterocycles. The SMILES string of the molecule is C=C(C)C(=O)OCC(O)COc1cccc2c(C3(c4cccc5c(OCC(O)COC(=O)C(=C)C)cccc45)c4cc(-c5ccccc5)ccc4-c4ccc(-c5ccccc5)cc43)cccc12. The number of aliphatic hydroxyl groups excluding tert-OH is 2. The smallest absolute Gasteiger partial charge is 0.333 e. The highest BCUT2D eigenvalue weighted by molar-refractivity contribution is 6.02. The zero-order valence-electron chi connectivity index (χ0n) is 37.4. The van der Waals surface area contributed by atoms with Crippen molar-refractivity contribution in [2.75, 3.05) is 26.4 Å². The van der Waals surface area contributed by atoms with Crippen LogP contribution in [0.5, 0.6) is 11.5 Å². The lowest BCUT2D eigenvalue weighted by atomic mass is 9.65. The molecule has 0 saturated carbocycles. The molecule has 334 valence electrons. The van der Waals surface area contributed by atoms with Gasteiger partial charge in [-0.1, -0.05) is 159 Å². The molecule has 0 radical (unpaired) electrons. The van der Waals surface area contributed by atoms with Crippen LogP contribution >= 0.6 is 0 Å². The summed E-state index contributed by atoms with van der Waals surface area (Å²) in [5.74, 6) is -0.0207. The van der Waals surface area contributed by atoms with Crippen molar-refractivity contribution in [1.82, 2.24) is 0 Å². The third-order valence-electron chi connectivity index (χ3n) is 12.3. The molecule has 9 rings (SSSR count). The first-order valence-corrected chi connectivity index (χ1v) is 22.3. The Kier molecular flexibility index (Phi) is 12.6. The van der Waals surface area contributed by atoms with E-state index in [1.807, 2.05) is 48.5 Å². The first-order valence-electron chi connectivity index (χ1n) is 22.3. The zero-order chi connectivity index (χ0) is 46.7. The maximum Gasteiger partial charge on any atom is 0.333 e. The van der Waals surface area contributed by atoms with E-state index < -0.39 is 29.6 Å². The van der Waals surface area contributed by atoms with Crippen LogP contribution in [0.25, 0.3) is 54.9 Å². The Morgan fingerprint density at radius 3 is 1.24 bits per heavy atom. The van der Waals surface area contributed by atoms with Crippen LogP contribution in [0.1, 0.15) is 36.1 Å². The van der Waals surface area contributed by atoms with E-state index in [-0.39, 0.29) is 37.6 Å². The van der Waals surface area contributed by atoms with Gasteiger partial charge >= 0.3 is 11.9 Å². The van der Waals surface area contributed by atoms with Crippen LogP contribution in [0, 0.1) is 0 Å². The number of carbonyl (C=O) groups is 2. The summed E-state index contributed by atoms with van der Waals surface area (Å²) in [6, 6.07) is 58.8. The molecule has 8 aromatic carbocycles. The molecule has 67 heavy (non-hydrogen) atoms. The van der Waals surface area contributed by atoms with Crippen LogP contribution in [0.4, 0.5) is 0 Å². The molecule has 2 unspecified atom stereocenters. The summed E-state index contributed by atoms with van der Waals surface area (Å²) < 4.78 is 23.2. The quantitative estimate of drug-likeness (QED) is 0.0729. The van der Waals surface area contributed by atoms with Gasteiger partial charge in [0.25, 0.3) is 0 Å². The van der Waals surface area contributed by atoms with Crippen molar-refractivity contribution in [3.05, 3.63) is 216 Å². The average molecular weight is 887 g/mol. The molecule has 0 amide bonds. The van der Waals surface area contributed by atoms with Crippen LogP contribution in [0.15, 0.2) is 194 Å². The van der Waals surface area contributed by atoms with Gasteiger partial charge in [-0.3, -0.25) is 0 Å². The van der Waals surface area contributed by atoms with Gasteiger partial charge in [0.15, 0.2) is 0 Å². The van der Waals surface area contributed by atoms with E-state index in [1.165, 1.54) is 0 Å². The summed E-state index contributed by atoms with van der Waals surface area (Å²) in [5.41, 5.74) is 10.3. The molecular formula is C59H50O8. The standard InChI is InChI=1S/C59H50O8/c1-37(2)57(62)66-35-43(60)33-64-55-25-13-19-45-49(55)21-11-23-51(45)59(52-24-12-22-50-46(52)20-14-26-56(50)65-34-44(61)36-67-58(63)38(3)4)53-31-41(39-15-7-5-8-16-39)27-29-47(53)48-30-28-42(32-54(48)59)40-17-9-6-10-18-40/h5-32,43-44,60-61H,1,3,33-36H2,2,4H3. The summed E-state index contributed by atoms with van der Waals surface area (Å²) in [4.78, 5) is 24.2. The molecule has 2 atom stereocenters. The number of hydrogen-bond acceptors (Lipinski definition) is 8. The molecule has 0 aromatic heterocycles. The number of esters is 2. The third-order valence-corrected chi connectivity index (χ3v) is 12.3. The number of rotatable bonds is 16. The van der Waals surface area contributed by atoms with E-state index in [1.54, 1.807) is 13.8 Å². The maximum absolute atomic E-state index is 12.1. The van der Waals surface area contributed by atoms with Gasteiger partial charge in [-0.05, 0) is 105 Å². The van der Waals surface area contributed by atoms with E-state index in [2.05, 4.69) is 134 Å². The fraction of sp³-hybridized carbons (Fsp3) is 0.153. The maximum atomic E-state index is 12.1. The van der Waals surface area contributed by atoms with Gasteiger partial charge in [-0.25, -0.2) is 9.59 Å². The molecule has 0 bridgehead atoms.